The predicted octanol–water partition coefficient (Wildman–Crippen LogP) is 1.75. The van der Waals surface area contributed by atoms with Crippen LogP contribution in [0.1, 0.15) is 51.2 Å². The standard InChI is InChI=1S/C16H16N4O3.ClH/c21-15-11-3-1-2-4-12(11)16(22)20(15)9-13-18-14(23-19-13)10-5-7-17-8-6-10;/h1-4,10,17H,5-9H2;1H. The van der Waals surface area contributed by atoms with E-state index in [1.165, 1.54) is 4.90 Å². The van der Waals surface area contributed by atoms with E-state index in [1.807, 2.05) is 0 Å². The molecule has 4 rings (SSSR count). The number of fused-ring (bicyclic) bond motifs is 1. The lowest BCUT2D eigenvalue weighted by Crippen LogP contribution is -2.29. The lowest BCUT2D eigenvalue weighted by atomic mass is 9.98. The minimum atomic E-state index is -0.307. The molecule has 1 aromatic carbocycles. The lowest BCUT2D eigenvalue weighted by Gasteiger charge is -2.18. The van der Waals surface area contributed by atoms with Gasteiger partial charge in [-0.05, 0) is 38.1 Å². The van der Waals surface area contributed by atoms with E-state index < -0.39 is 0 Å². The summed E-state index contributed by atoms with van der Waals surface area (Å²) in [6.07, 6.45) is 1.91. The maximum Gasteiger partial charge on any atom is 0.261 e. The van der Waals surface area contributed by atoms with Gasteiger partial charge in [-0.15, -0.1) is 12.4 Å². The van der Waals surface area contributed by atoms with E-state index in [0.717, 1.165) is 25.9 Å². The van der Waals surface area contributed by atoms with Crippen LogP contribution in [0.2, 0.25) is 0 Å². The average molecular weight is 349 g/mol. The van der Waals surface area contributed by atoms with Crippen molar-refractivity contribution in [2.45, 2.75) is 25.3 Å². The van der Waals surface area contributed by atoms with Gasteiger partial charge in [0.25, 0.3) is 11.8 Å². The number of aromatic nitrogens is 2. The number of hydrogen-bond acceptors (Lipinski definition) is 6. The van der Waals surface area contributed by atoms with Crippen LogP contribution in [-0.2, 0) is 6.54 Å². The summed E-state index contributed by atoms with van der Waals surface area (Å²) in [4.78, 5) is 30.2. The molecule has 0 bridgehead atoms. The topological polar surface area (TPSA) is 88.3 Å². The number of benzene rings is 1. The number of amides is 2. The van der Waals surface area contributed by atoms with Gasteiger partial charge in [-0.2, -0.15) is 4.98 Å². The van der Waals surface area contributed by atoms with Crippen LogP contribution in [0.4, 0.5) is 0 Å². The molecule has 1 aromatic heterocycles. The number of carbonyl (C=O) groups is 2. The lowest BCUT2D eigenvalue weighted by molar-refractivity contribution is 0.0637. The van der Waals surface area contributed by atoms with E-state index in [4.69, 9.17) is 4.52 Å². The van der Waals surface area contributed by atoms with E-state index in [9.17, 15) is 9.59 Å². The Morgan fingerprint density at radius 2 is 1.75 bits per heavy atom. The third kappa shape index (κ3) is 2.81. The molecule has 0 saturated carbocycles. The minimum absolute atomic E-state index is 0. The van der Waals surface area contributed by atoms with Crippen LogP contribution in [0, 0.1) is 0 Å². The van der Waals surface area contributed by atoms with Gasteiger partial charge < -0.3 is 9.84 Å². The number of nitrogens with zero attached hydrogens (tertiary/aromatic N) is 3. The van der Waals surface area contributed by atoms with E-state index in [0.29, 0.717) is 22.8 Å². The van der Waals surface area contributed by atoms with Gasteiger partial charge in [-0.25, -0.2) is 0 Å². The van der Waals surface area contributed by atoms with Crippen LogP contribution in [0.25, 0.3) is 0 Å². The Kier molecular flexibility index (Phi) is 4.64. The maximum absolute atomic E-state index is 12.3. The first kappa shape index (κ1) is 16.6. The number of imide groups is 1. The van der Waals surface area contributed by atoms with Crippen molar-refractivity contribution in [1.82, 2.24) is 20.4 Å². The average Bonchev–Trinajstić information content (AvgIpc) is 3.16. The predicted molar refractivity (Wildman–Crippen MR) is 87.0 cm³/mol. The summed E-state index contributed by atoms with van der Waals surface area (Å²) in [6, 6.07) is 6.81. The zero-order chi connectivity index (χ0) is 15.8. The third-order valence-electron chi connectivity index (χ3n) is 4.35. The number of piperidine rings is 1. The van der Waals surface area contributed by atoms with Crippen molar-refractivity contribution in [2.75, 3.05) is 13.1 Å². The van der Waals surface area contributed by atoms with E-state index in [2.05, 4.69) is 15.5 Å². The van der Waals surface area contributed by atoms with Crippen LogP contribution in [0.5, 0.6) is 0 Å². The van der Waals surface area contributed by atoms with Gasteiger partial charge >= 0.3 is 0 Å². The zero-order valence-electron chi connectivity index (χ0n) is 12.9. The highest BCUT2D eigenvalue weighted by molar-refractivity contribution is 6.21. The monoisotopic (exact) mass is 348 g/mol. The SMILES string of the molecule is Cl.O=C1c2ccccc2C(=O)N1Cc1noc(C2CCNCC2)n1. The highest BCUT2D eigenvalue weighted by atomic mass is 35.5. The molecule has 1 fully saturated rings. The molecule has 2 amide bonds. The fourth-order valence-electron chi connectivity index (χ4n) is 3.09. The number of halogens is 1. The van der Waals surface area contributed by atoms with E-state index >= 15 is 0 Å². The van der Waals surface area contributed by atoms with Crippen molar-refractivity contribution in [3.8, 4) is 0 Å². The quantitative estimate of drug-likeness (QED) is 0.850. The van der Waals surface area contributed by atoms with Gasteiger partial charge in [0.15, 0.2) is 5.82 Å². The summed E-state index contributed by atoms with van der Waals surface area (Å²) in [5.41, 5.74) is 0.860. The number of hydrogen-bond donors (Lipinski definition) is 1. The van der Waals surface area contributed by atoms with Crippen molar-refractivity contribution in [3.05, 3.63) is 47.1 Å². The normalized spacial score (nSPS) is 17.8. The van der Waals surface area contributed by atoms with Crippen molar-refractivity contribution in [2.24, 2.45) is 0 Å². The molecule has 2 aliphatic heterocycles. The minimum Gasteiger partial charge on any atom is -0.339 e. The Morgan fingerprint density at radius 1 is 1.12 bits per heavy atom. The highest BCUT2D eigenvalue weighted by Crippen LogP contribution is 2.26. The highest BCUT2D eigenvalue weighted by Gasteiger charge is 2.36. The van der Waals surface area contributed by atoms with Crippen molar-refractivity contribution < 1.29 is 14.1 Å². The molecule has 2 aliphatic rings. The molecular formula is C16H17ClN4O3. The Hall–Kier alpha value is -2.25. The van der Waals surface area contributed by atoms with Gasteiger partial charge in [0, 0.05) is 5.92 Å². The zero-order valence-corrected chi connectivity index (χ0v) is 13.7. The second-order valence-corrected chi connectivity index (χ2v) is 5.82. The van der Waals surface area contributed by atoms with Crippen LogP contribution in [-0.4, -0.2) is 39.9 Å². The molecule has 0 spiro atoms. The first-order chi connectivity index (χ1) is 11.2. The fourth-order valence-corrected chi connectivity index (χ4v) is 3.09. The number of nitrogens with one attached hydrogen (secondary N) is 1. The second kappa shape index (κ2) is 6.70. The smallest absolute Gasteiger partial charge is 0.261 e. The van der Waals surface area contributed by atoms with Crippen LogP contribution >= 0.6 is 12.4 Å². The Balaban J connectivity index is 0.00000169. The van der Waals surface area contributed by atoms with Crippen molar-refractivity contribution >= 4 is 24.2 Å². The van der Waals surface area contributed by atoms with Crippen LogP contribution in [0.15, 0.2) is 28.8 Å². The summed E-state index contributed by atoms with van der Waals surface area (Å²) in [7, 11) is 0. The van der Waals surface area contributed by atoms with Gasteiger partial charge in [0.05, 0.1) is 17.7 Å². The van der Waals surface area contributed by atoms with Gasteiger partial charge in [0.2, 0.25) is 5.89 Å². The van der Waals surface area contributed by atoms with Gasteiger partial charge in [-0.3, -0.25) is 14.5 Å². The molecule has 0 atom stereocenters. The van der Waals surface area contributed by atoms with E-state index in [1.54, 1.807) is 24.3 Å². The molecular weight excluding hydrogens is 332 g/mol. The third-order valence-corrected chi connectivity index (χ3v) is 4.35. The van der Waals surface area contributed by atoms with Crippen molar-refractivity contribution in [1.29, 1.82) is 0 Å². The maximum atomic E-state index is 12.3. The summed E-state index contributed by atoms with van der Waals surface area (Å²) < 4.78 is 5.32. The van der Waals surface area contributed by atoms with Crippen molar-refractivity contribution in [3.63, 3.8) is 0 Å². The Bertz CT molecular complexity index is 735. The summed E-state index contributed by atoms with van der Waals surface area (Å²) in [6.45, 7) is 1.91. The first-order valence-corrected chi connectivity index (χ1v) is 7.72. The molecule has 8 heteroatoms. The molecule has 24 heavy (non-hydrogen) atoms. The molecule has 3 heterocycles. The Morgan fingerprint density at radius 3 is 2.38 bits per heavy atom. The molecule has 7 nitrogen and oxygen atoms in total. The molecule has 0 aliphatic carbocycles. The molecule has 0 radical (unpaired) electrons. The molecule has 2 aromatic rings. The summed E-state index contributed by atoms with van der Waals surface area (Å²) in [5.74, 6) is 0.600. The summed E-state index contributed by atoms with van der Waals surface area (Å²) in [5, 5.41) is 7.22. The van der Waals surface area contributed by atoms with Gasteiger partial charge in [-0.1, -0.05) is 17.3 Å². The first-order valence-electron chi connectivity index (χ1n) is 7.72. The van der Waals surface area contributed by atoms with Crippen LogP contribution < -0.4 is 5.32 Å². The molecule has 1 saturated heterocycles. The molecule has 0 unspecified atom stereocenters. The fraction of sp³-hybridized carbons (Fsp3) is 0.375. The largest absolute Gasteiger partial charge is 0.339 e. The second-order valence-electron chi connectivity index (χ2n) is 5.82. The number of rotatable bonds is 3. The van der Waals surface area contributed by atoms with Gasteiger partial charge in [0.1, 0.15) is 0 Å². The van der Waals surface area contributed by atoms with E-state index in [-0.39, 0.29) is 36.7 Å². The Labute approximate surface area is 144 Å². The van der Waals surface area contributed by atoms with Crippen LogP contribution in [0.3, 0.4) is 0 Å². The summed E-state index contributed by atoms with van der Waals surface area (Å²) >= 11 is 0. The molecule has 1 N–H and O–H groups in total. The molecule has 126 valence electrons. The number of carbonyl (C=O) groups excluding carboxylic acids is 2.